The van der Waals surface area contributed by atoms with Crippen LogP contribution in [-0.2, 0) is 23.8 Å². The highest BCUT2D eigenvalue weighted by molar-refractivity contribution is 5.75. The van der Waals surface area contributed by atoms with Crippen molar-refractivity contribution in [1.29, 1.82) is 0 Å². The number of hydrogen-bond acceptors (Lipinski definition) is 5. The lowest BCUT2D eigenvalue weighted by Crippen LogP contribution is -2.65. The van der Waals surface area contributed by atoms with Crippen molar-refractivity contribution >= 4 is 11.9 Å². The van der Waals surface area contributed by atoms with Crippen LogP contribution in [0.15, 0.2) is 0 Å². The Hall–Kier alpha value is -1.14. The van der Waals surface area contributed by atoms with Crippen molar-refractivity contribution in [2.45, 2.75) is 95.2 Å². The molecule has 1 saturated heterocycles. The molecule has 0 bridgehead atoms. The maximum atomic E-state index is 12.2. The van der Waals surface area contributed by atoms with Crippen molar-refractivity contribution < 1.29 is 29.5 Å². The first-order chi connectivity index (χ1) is 11.5. The zero-order valence-electron chi connectivity index (χ0n) is 14.6. The standard InChI is InChI=1S/C18H29NO5/c1-11-16(24-17(20)12-9-10-12)15(23-13-5-2-3-6-13)8-4-7-14(19)18(21)22-11/h11-16H,2-10,19H2,1H3/p+1/t11-,14-,15-,16-/m0/s1. The molecule has 0 aromatic carbocycles. The van der Waals surface area contributed by atoms with Gasteiger partial charge in [-0.2, -0.15) is 0 Å². The van der Waals surface area contributed by atoms with Crippen LogP contribution in [0.3, 0.4) is 0 Å². The number of rotatable bonds is 4. The monoisotopic (exact) mass is 340 g/mol. The van der Waals surface area contributed by atoms with E-state index in [2.05, 4.69) is 5.73 Å². The summed E-state index contributed by atoms with van der Waals surface area (Å²) in [5, 5.41) is 0. The lowest BCUT2D eigenvalue weighted by molar-refractivity contribution is -0.410. The number of carbonyl (C=O) groups excluding carboxylic acids is 2. The van der Waals surface area contributed by atoms with E-state index in [1.54, 1.807) is 6.92 Å². The Balaban J connectivity index is 1.72. The van der Waals surface area contributed by atoms with Gasteiger partial charge in [0.25, 0.3) is 0 Å². The fraction of sp³-hybridized carbons (Fsp3) is 0.889. The largest absolute Gasteiger partial charge is 0.455 e. The van der Waals surface area contributed by atoms with Gasteiger partial charge in [-0.1, -0.05) is 12.8 Å². The molecule has 3 rings (SSSR count). The molecule has 2 aliphatic carbocycles. The number of hydrogen-bond donors (Lipinski definition) is 1. The van der Waals surface area contributed by atoms with Crippen molar-refractivity contribution in [1.82, 2.24) is 0 Å². The Morgan fingerprint density at radius 1 is 1.08 bits per heavy atom. The molecule has 1 aliphatic heterocycles. The van der Waals surface area contributed by atoms with E-state index in [0.29, 0.717) is 6.42 Å². The molecule has 6 nitrogen and oxygen atoms in total. The van der Waals surface area contributed by atoms with Crippen molar-refractivity contribution in [3.8, 4) is 0 Å². The SMILES string of the molecule is C[C@@H]1OC(=O)[C@@H]([NH3+])CCC[C@H](OC2CCCC2)[C@H]1OC(=O)C1CC1. The molecule has 3 fully saturated rings. The van der Waals surface area contributed by atoms with Crippen LogP contribution in [0.1, 0.15) is 64.7 Å². The molecule has 4 atom stereocenters. The van der Waals surface area contributed by atoms with Crippen LogP contribution in [-0.4, -0.2) is 42.4 Å². The van der Waals surface area contributed by atoms with E-state index in [4.69, 9.17) is 14.2 Å². The summed E-state index contributed by atoms with van der Waals surface area (Å²) in [5.74, 6) is -0.460. The second kappa shape index (κ2) is 7.83. The molecule has 24 heavy (non-hydrogen) atoms. The quantitative estimate of drug-likeness (QED) is 0.781. The first kappa shape index (κ1) is 17.7. The Kier molecular flexibility index (Phi) is 5.76. The number of ether oxygens (including phenoxy) is 3. The summed E-state index contributed by atoms with van der Waals surface area (Å²) >= 11 is 0. The minimum absolute atomic E-state index is 0.0215. The van der Waals surface area contributed by atoms with Crippen LogP contribution in [0.2, 0.25) is 0 Å². The smallest absolute Gasteiger partial charge is 0.365 e. The van der Waals surface area contributed by atoms with E-state index in [0.717, 1.165) is 38.5 Å². The molecule has 3 N–H and O–H groups in total. The van der Waals surface area contributed by atoms with Gasteiger partial charge in [-0.25, -0.2) is 4.79 Å². The van der Waals surface area contributed by atoms with E-state index in [1.165, 1.54) is 12.8 Å². The molecule has 3 aliphatic rings. The third-order valence-electron chi connectivity index (χ3n) is 5.34. The van der Waals surface area contributed by atoms with Crippen LogP contribution in [0.25, 0.3) is 0 Å². The maximum absolute atomic E-state index is 12.2. The van der Waals surface area contributed by atoms with Crippen LogP contribution in [0.5, 0.6) is 0 Å². The van der Waals surface area contributed by atoms with Gasteiger partial charge in [0.2, 0.25) is 0 Å². The summed E-state index contributed by atoms with van der Waals surface area (Å²) in [6.45, 7) is 1.80. The number of cyclic esters (lactones) is 1. The van der Waals surface area contributed by atoms with Crippen molar-refractivity contribution in [2.24, 2.45) is 5.92 Å². The normalized spacial score (nSPS) is 35.7. The zero-order valence-corrected chi connectivity index (χ0v) is 14.6. The van der Waals surface area contributed by atoms with Crippen LogP contribution >= 0.6 is 0 Å². The van der Waals surface area contributed by atoms with Crippen molar-refractivity contribution in [3.63, 3.8) is 0 Å². The Morgan fingerprint density at radius 2 is 1.79 bits per heavy atom. The highest BCUT2D eigenvalue weighted by Gasteiger charge is 2.41. The first-order valence-corrected chi connectivity index (χ1v) is 9.44. The fourth-order valence-corrected chi connectivity index (χ4v) is 3.63. The fourth-order valence-electron chi connectivity index (χ4n) is 3.63. The van der Waals surface area contributed by atoms with Gasteiger partial charge < -0.3 is 19.9 Å². The molecule has 6 heteroatoms. The maximum Gasteiger partial charge on any atom is 0.365 e. The Morgan fingerprint density at radius 3 is 2.46 bits per heavy atom. The highest BCUT2D eigenvalue weighted by atomic mass is 16.6. The zero-order chi connectivity index (χ0) is 17.1. The van der Waals surface area contributed by atoms with Gasteiger partial charge in [-0.05, 0) is 45.4 Å². The van der Waals surface area contributed by atoms with Gasteiger partial charge in [0.15, 0.2) is 12.1 Å². The molecule has 2 saturated carbocycles. The van der Waals surface area contributed by atoms with Gasteiger partial charge in [0.05, 0.1) is 18.1 Å². The average Bonchev–Trinajstić information content (AvgIpc) is 3.28. The molecule has 0 aromatic heterocycles. The predicted molar refractivity (Wildman–Crippen MR) is 85.8 cm³/mol. The number of carbonyl (C=O) groups is 2. The summed E-state index contributed by atoms with van der Waals surface area (Å²) in [6.07, 6.45) is 7.57. The van der Waals surface area contributed by atoms with Gasteiger partial charge >= 0.3 is 11.9 Å². The van der Waals surface area contributed by atoms with Gasteiger partial charge in [-0.15, -0.1) is 0 Å². The molecule has 0 aromatic rings. The minimum Gasteiger partial charge on any atom is -0.455 e. The van der Waals surface area contributed by atoms with Gasteiger partial charge in [0.1, 0.15) is 6.10 Å². The third kappa shape index (κ3) is 4.48. The molecule has 0 unspecified atom stereocenters. The van der Waals surface area contributed by atoms with Crippen molar-refractivity contribution in [3.05, 3.63) is 0 Å². The second-order valence-electron chi connectivity index (χ2n) is 7.53. The first-order valence-electron chi connectivity index (χ1n) is 9.44. The molecule has 136 valence electrons. The van der Waals surface area contributed by atoms with Crippen LogP contribution in [0.4, 0.5) is 0 Å². The molecular weight excluding hydrogens is 310 g/mol. The second-order valence-corrected chi connectivity index (χ2v) is 7.53. The van der Waals surface area contributed by atoms with E-state index < -0.39 is 12.2 Å². The van der Waals surface area contributed by atoms with Crippen molar-refractivity contribution in [2.75, 3.05) is 0 Å². The average molecular weight is 340 g/mol. The predicted octanol–water partition coefficient (Wildman–Crippen LogP) is 1.36. The topological polar surface area (TPSA) is 89.5 Å². The number of quaternary nitrogens is 1. The van der Waals surface area contributed by atoms with E-state index in [-0.39, 0.29) is 36.1 Å². The molecule has 0 spiro atoms. The lowest BCUT2D eigenvalue weighted by atomic mass is 10.0. The molecule has 0 amide bonds. The van der Waals surface area contributed by atoms with Gasteiger partial charge in [-0.3, -0.25) is 4.79 Å². The molecular formula is C18H30NO5+. The molecule has 0 radical (unpaired) electrons. The van der Waals surface area contributed by atoms with Gasteiger partial charge in [0, 0.05) is 6.42 Å². The van der Waals surface area contributed by atoms with Crippen LogP contribution < -0.4 is 5.73 Å². The molecule has 1 heterocycles. The Labute approximate surface area is 143 Å². The third-order valence-corrected chi connectivity index (χ3v) is 5.34. The summed E-state index contributed by atoms with van der Waals surface area (Å²) in [5.41, 5.74) is 3.89. The lowest BCUT2D eigenvalue weighted by Gasteiger charge is -2.32. The highest BCUT2D eigenvalue weighted by Crippen LogP contribution is 2.33. The summed E-state index contributed by atoms with van der Waals surface area (Å²) < 4.78 is 17.6. The summed E-state index contributed by atoms with van der Waals surface area (Å²) in [4.78, 5) is 24.3. The minimum atomic E-state index is -0.520. The van der Waals surface area contributed by atoms with Crippen LogP contribution in [0, 0.1) is 5.92 Å². The van der Waals surface area contributed by atoms with E-state index in [1.807, 2.05) is 0 Å². The summed E-state index contributed by atoms with van der Waals surface area (Å²) in [6, 6.07) is -0.363. The van der Waals surface area contributed by atoms with E-state index >= 15 is 0 Å². The van der Waals surface area contributed by atoms with E-state index in [9.17, 15) is 9.59 Å². The Bertz CT molecular complexity index is 458. The summed E-state index contributed by atoms with van der Waals surface area (Å²) in [7, 11) is 0. The number of esters is 2.